The van der Waals surface area contributed by atoms with E-state index in [0.29, 0.717) is 22.9 Å². The number of nitrogens with zero attached hydrogens (tertiary/aromatic N) is 4. The van der Waals surface area contributed by atoms with Gasteiger partial charge in [-0.15, -0.1) is 0 Å². The molecule has 4 rings (SSSR count). The van der Waals surface area contributed by atoms with Gasteiger partial charge in [-0.3, -0.25) is 9.88 Å². The summed E-state index contributed by atoms with van der Waals surface area (Å²) in [5.74, 6) is 1.74. The molecule has 2 aromatic heterocycles. The van der Waals surface area contributed by atoms with Crippen molar-refractivity contribution in [2.24, 2.45) is 0 Å². The van der Waals surface area contributed by atoms with Gasteiger partial charge in [0.05, 0.1) is 45.8 Å². The van der Waals surface area contributed by atoms with E-state index >= 15 is 0 Å². The molecule has 0 N–H and O–H groups in total. The fourth-order valence-corrected chi connectivity index (χ4v) is 3.15. The number of likely N-dealkylation sites (N-methyl/N-ethyl adjacent to an activating group) is 1. The largest absolute Gasteiger partial charge is 0.493 e. The summed E-state index contributed by atoms with van der Waals surface area (Å²) in [6.45, 7) is 7.45. The Kier molecular flexibility index (Phi) is 11.0. The number of methoxy groups -OCH3 is 3. The maximum absolute atomic E-state index is 5.33. The Bertz CT molecular complexity index is 968. The smallest absolute Gasteiger partial charge is 0.242 e. The van der Waals surface area contributed by atoms with Crippen LogP contribution in [0.3, 0.4) is 0 Å². The molecule has 3 aromatic rings. The van der Waals surface area contributed by atoms with Crippen LogP contribution in [0.4, 0.5) is 0 Å². The van der Waals surface area contributed by atoms with Crippen molar-refractivity contribution in [1.82, 2.24) is 19.9 Å². The van der Waals surface area contributed by atoms with Gasteiger partial charge in [0.15, 0.2) is 17.0 Å². The third-order valence-electron chi connectivity index (χ3n) is 4.85. The Balaban J connectivity index is 0.000000304. The van der Waals surface area contributed by atoms with Gasteiger partial charge in [-0.1, -0.05) is 6.92 Å². The first kappa shape index (κ1) is 25.6. The first-order valence-corrected chi connectivity index (χ1v) is 11.2. The van der Waals surface area contributed by atoms with Gasteiger partial charge >= 0.3 is 0 Å². The normalized spacial score (nSPS) is 13.3. The maximum Gasteiger partial charge on any atom is 0.242 e. The molecule has 0 spiro atoms. The summed E-state index contributed by atoms with van der Waals surface area (Å²) in [7, 11) is 4.76. The molecule has 1 fully saturated rings. The standard InChI is InChI=1S/C16H15N3O3.C6H13NO.CH4S/c1-20-13-5-4-10(8-14(13)21-2)11-9-12-15(16(19-11)22-3)18-7-6-17-12;1-2-7-3-5-8-6-4-7;1-2/h4-9H,1-3H3;2-6H2,1H3;2H,1H3. The number of rotatable bonds is 5. The lowest BCUT2D eigenvalue weighted by Crippen LogP contribution is -2.35. The zero-order valence-corrected chi connectivity index (χ0v) is 20.3. The quantitative estimate of drug-likeness (QED) is 0.579. The monoisotopic (exact) mass is 460 g/mol. The van der Waals surface area contributed by atoms with Crippen molar-refractivity contribution < 1.29 is 18.9 Å². The topological polar surface area (TPSA) is 78.8 Å². The van der Waals surface area contributed by atoms with Crippen LogP contribution in [0, 0.1) is 0 Å². The number of pyridine rings is 1. The van der Waals surface area contributed by atoms with E-state index in [-0.39, 0.29) is 0 Å². The van der Waals surface area contributed by atoms with Crippen LogP contribution in [0.15, 0.2) is 36.7 Å². The third kappa shape index (κ3) is 6.69. The van der Waals surface area contributed by atoms with Gasteiger partial charge in [-0.05, 0) is 37.1 Å². The minimum Gasteiger partial charge on any atom is -0.493 e. The SMILES string of the molecule is CCN1CCOCC1.COc1ccc(-c2cc3nccnc3c(OC)n2)cc1OC.CS. The summed E-state index contributed by atoms with van der Waals surface area (Å²) in [6.07, 6.45) is 4.95. The molecule has 0 amide bonds. The molecule has 1 aliphatic heterocycles. The molecular weight excluding hydrogens is 428 g/mol. The van der Waals surface area contributed by atoms with E-state index in [0.717, 1.165) is 43.1 Å². The molecule has 1 aliphatic rings. The molecule has 0 saturated carbocycles. The lowest BCUT2D eigenvalue weighted by Gasteiger charge is -2.24. The van der Waals surface area contributed by atoms with Crippen molar-refractivity contribution in [3.8, 4) is 28.6 Å². The van der Waals surface area contributed by atoms with Crippen LogP contribution in [0.1, 0.15) is 6.92 Å². The van der Waals surface area contributed by atoms with E-state index in [1.165, 1.54) is 6.54 Å². The fraction of sp³-hybridized carbons (Fsp3) is 0.435. The Labute approximate surface area is 195 Å². The van der Waals surface area contributed by atoms with E-state index in [9.17, 15) is 0 Å². The molecule has 9 heteroatoms. The summed E-state index contributed by atoms with van der Waals surface area (Å²) in [5.41, 5.74) is 2.96. The van der Waals surface area contributed by atoms with Crippen molar-refractivity contribution in [2.45, 2.75) is 6.92 Å². The minimum atomic E-state index is 0.440. The molecule has 8 nitrogen and oxygen atoms in total. The summed E-state index contributed by atoms with van der Waals surface area (Å²) in [4.78, 5) is 15.5. The highest BCUT2D eigenvalue weighted by atomic mass is 32.1. The average molecular weight is 461 g/mol. The van der Waals surface area contributed by atoms with Gasteiger partial charge in [0.1, 0.15) is 0 Å². The van der Waals surface area contributed by atoms with E-state index in [4.69, 9.17) is 18.9 Å². The van der Waals surface area contributed by atoms with Gasteiger partial charge in [-0.25, -0.2) is 9.97 Å². The Morgan fingerprint density at radius 1 is 0.938 bits per heavy atom. The number of hydrogen-bond donors (Lipinski definition) is 1. The number of fused-ring (bicyclic) bond motifs is 1. The second kappa shape index (κ2) is 13.7. The van der Waals surface area contributed by atoms with Crippen LogP contribution in [-0.2, 0) is 4.74 Å². The van der Waals surface area contributed by atoms with Gasteiger partial charge in [0.2, 0.25) is 5.88 Å². The highest BCUT2D eigenvalue weighted by Crippen LogP contribution is 2.33. The Morgan fingerprint density at radius 3 is 2.22 bits per heavy atom. The Morgan fingerprint density at radius 2 is 1.62 bits per heavy atom. The van der Waals surface area contributed by atoms with Crippen LogP contribution in [0.2, 0.25) is 0 Å². The van der Waals surface area contributed by atoms with E-state index in [1.807, 2.05) is 24.3 Å². The minimum absolute atomic E-state index is 0.440. The molecule has 1 aromatic carbocycles. The zero-order chi connectivity index (χ0) is 23.3. The molecule has 1 saturated heterocycles. The number of aromatic nitrogens is 3. The van der Waals surface area contributed by atoms with Crippen molar-refractivity contribution in [2.75, 3.05) is 60.4 Å². The van der Waals surface area contributed by atoms with Crippen LogP contribution in [-0.4, -0.2) is 80.3 Å². The van der Waals surface area contributed by atoms with Crippen LogP contribution < -0.4 is 14.2 Å². The molecule has 0 unspecified atom stereocenters. The number of thiol groups is 1. The van der Waals surface area contributed by atoms with E-state index in [1.54, 1.807) is 40.0 Å². The molecule has 3 heterocycles. The van der Waals surface area contributed by atoms with Crippen molar-refractivity contribution in [1.29, 1.82) is 0 Å². The molecule has 0 atom stereocenters. The molecule has 0 radical (unpaired) electrons. The summed E-state index contributed by atoms with van der Waals surface area (Å²) >= 11 is 3.53. The number of benzene rings is 1. The summed E-state index contributed by atoms with van der Waals surface area (Å²) < 4.78 is 21.1. The van der Waals surface area contributed by atoms with Gasteiger partial charge in [-0.2, -0.15) is 12.6 Å². The lowest BCUT2D eigenvalue weighted by atomic mass is 10.1. The highest BCUT2D eigenvalue weighted by molar-refractivity contribution is 7.79. The van der Waals surface area contributed by atoms with E-state index in [2.05, 4.69) is 39.4 Å². The predicted octanol–water partition coefficient (Wildman–Crippen LogP) is 3.60. The molecule has 32 heavy (non-hydrogen) atoms. The average Bonchev–Trinajstić information content (AvgIpc) is 2.89. The summed E-state index contributed by atoms with van der Waals surface area (Å²) in [5, 5.41) is 0. The second-order valence-electron chi connectivity index (χ2n) is 6.56. The van der Waals surface area contributed by atoms with Crippen LogP contribution >= 0.6 is 12.6 Å². The molecule has 0 aliphatic carbocycles. The van der Waals surface area contributed by atoms with E-state index < -0.39 is 0 Å². The molecular formula is C23H32N4O4S. The number of morpholine rings is 1. The summed E-state index contributed by atoms with van der Waals surface area (Å²) in [6, 6.07) is 7.48. The lowest BCUT2D eigenvalue weighted by molar-refractivity contribution is 0.0405. The van der Waals surface area contributed by atoms with Gasteiger partial charge < -0.3 is 18.9 Å². The van der Waals surface area contributed by atoms with Crippen molar-refractivity contribution in [3.63, 3.8) is 0 Å². The Hall–Kier alpha value is -2.62. The van der Waals surface area contributed by atoms with Gasteiger partial charge in [0.25, 0.3) is 0 Å². The third-order valence-corrected chi connectivity index (χ3v) is 4.85. The van der Waals surface area contributed by atoms with Crippen molar-refractivity contribution >= 4 is 23.7 Å². The number of ether oxygens (including phenoxy) is 4. The zero-order valence-electron chi connectivity index (χ0n) is 19.4. The highest BCUT2D eigenvalue weighted by Gasteiger charge is 2.12. The fourth-order valence-electron chi connectivity index (χ4n) is 3.15. The molecule has 0 bridgehead atoms. The first-order chi connectivity index (χ1) is 15.7. The van der Waals surface area contributed by atoms with Crippen LogP contribution in [0.5, 0.6) is 17.4 Å². The second-order valence-corrected chi connectivity index (χ2v) is 6.56. The first-order valence-electron chi connectivity index (χ1n) is 10.3. The van der Waals surface area contributed by atoms with Crippen molar-refractivity contribution in [3.05, 3.63) is 36.7 Å². The maximum atomic E-state index is 5.33. The number of hydrogen-bond acceptors (Lipinski definition) is 9. The van der Waals surface area contributed by atoms with Crippen LogP contribution in [0.25, 0.3) is 22.3 Å². The predicted molar refractivity (Wildman–Crippen MR) is 130 cm³/mol. The van der Waals surface area contributed by atoms with Gasteiger partial charge in [0, 0.05) is 31.0 Å². The molecule has 174 valence electrons.